The van der Waals surface area contributed by atoms with Gasteiger partial charge < -0.3 is 15.2 Å². The number of aliphatic hydroxyl groups excluding tert-OH is 1. The van der Waals surface area contributed by atoms with Gasteiger partial charge >= 0.3 is 12.3 Å². The van der Waals surface area contributed by atoms with Gasteiger partial charge in [0.1, 0.15) is 6.61 Å². The van der Waals surface area contributed by atoms with Gasteiger partial charge in [-0.1, -0.05) is 68.8 Å². The summed E-state index contributed by atoms with van der Waals surface area (Å²) in [4.78, 5) is 15.2. The van der Waals surface area contributed by atoms with Crippen LogP contribution in [0.25, 0.3) is 16.1 Å². The number of nitrogens with one attached hydrogen (secondary N) is 1. The molecule has 2 atom stereocenters. The van der Waals surface area contributed by atoms with Gasteiger partial charge in [0, 0.05) is 5.92 Å². The maximum atomic E-state index is 12.4. The van der Waals surface area contributed by atoms with Crippen LogP contribution in [0.3, 0.4) is 0 Å². The molecule has 144 valence electrons. The molecule has 0 bridgehead atoms. The second-order valence-electron chi connectivity index (χ2n) is 7.00. The van der Waals surface area contributed by atoms with E-state index in [0.29, 0.717) is 0 Å². The first-order valence-corrected chi connectivity index (χ1v) is 9.41. The lowest BCUT2D eigenvalue weighted by Gasteiger charge is -2.22. The zero-order valence-corrected chi connectivity index (χ0v) is 16.0. The van der Waals surface area contributed by atoms with Crippen LogP contribution in [0.2, 0.25) is 0 Å². The Labute approximate surface area is 164 Å². The van der Waals surface area contributed by atoms with E-state index in [1.807, 2.05) is 38.1 Å². The molecule has 2 aromatic rings. The first-order chi connectivity index (χ1) is 13.6. The number of diazo groups is 1. The van der Waals surface area contributed by atoms with Gasteiger partial charge in [0.2, 0.25) is 11.2 Å². The summed E-state index contributed by atoms with van der Waals surface area (Å²) in [5, 5.41) is 21.4. The van der Waals surface area contributed by atoms with E-state index in [4.69, 9.17) is 10.1 Å². The minimum absolute atomic E-state index is 0.0308. The summed E-state index contributed by atoms with van der Waals surface area (Å²) >= 11 is 0. The summed E-state index contributed by atoms with van der Waals surface area (Å²) in [6.07, 6.45) is 1.02. The fraction of sp³-hybridized carbons (Fsp3) is 0.318. The monoisotopic (exact) mass is 378 g/mol. The molecule has 0 heterocycles. The standard InChI is InChI=1S/C22H23N3O3/c1-3-14(2)21(20(26)12-24-23)25-22(27)28-13-19-17-10-6-4-8-15(17)16-9-5-7-11-18(16)19/h4-12,14,19,21H,3,13H2,1-2H3,(H-,25,26,27)/p+1/b20-12+/t14-,21-/m0/s1. The van der Waals surface area contributed by atoms with Gasteiger partial charge in [-0.15, -0.1) is 0 Å². The van der Waals surface area contributed by atoms with Crippen LogP contribution in [0.5, 0.6) is 0 Å². The minimum atomic E-state index is -0.684. The van der Waals surface area contributed by atoms with Gasteiger partial charge in [-0.2, -0.15) is 0 Å². The summed E-state index contributed by atoms with van der Waals surface area (Å²) in [5.41, 5.74) is 4.60. The van der Waals surface area contributed by atoms with Crippen molar-refractivity contribution >= 4 is 6.09 Å². The molecule has 2 N–H and O–H groups in total. The Morgan fingerprint density at radius 2 is 1.79 bits per heavy atom. The molecule has 2 aromatic carbocycles. The number of aliphatic hydroxyl groups is 1. The van der Waals surface area contributed by atoms with Crippen molar-refractivity contribution in [3.63, 3.8) is 0 Å². The van der Waals surface area contributed by atoms with Crippen LogP contribution in [0.15, 0.2) is 60.5 Å². The second kappa shape index (κ2) is 8.57. The smallest absolute Gasteiger partial charge is 0.407 e. The molecular weight excluding hydrogens is 354 g/mol. The van der Waals surface area contributed by atoms with Crippen molar-refractivity contribution in [2.75, 3.05) is 6.61 Å². The van der Waals surface area contributed by atoms with E-state index in [1.165, 1.54) is 0 Å². The number of rotatable bonds is 6. The number of hydrogen-bond acceptors (Lipinski definition) is 4. The predicted molar refractivity (Wildman–Crippen MR) is 107 cm³/mol. The van der Waals surface area contributed by atoms with Gasteiger partial charge in [-0.25, -0.2) is 4.79 Å². The van der Waals surface area contributed by atoms with Crippen LogP contribution in [0, 0.1) is 11.3 Å². The number of nitrogens with zero attached hydrogens (tertiary/aromatic N) is 2. The molecule has 0 aliphatic heterocycles. The molecule has 0 radical (unpaired) electrons. The largest absolute Gasteiger partial charge is 0.504 e. The van der Waals surface area contributed by atoms with Gasteiger partial charge in [0.15, 0.2) is 4.98 Å². The molecule has 0 fully saturated rings. The number of carbonyl (C=O) groups excluding carboxylic acids is 1. The molecule has 0 aromatic heterocycles. The minimum Gasteiger partial charge on any atom is -0.504 e. The molecule has 0 spiro atoms. The summed E-state index contributed by atoms with van der Waals surface area (Å²) in [6.45, 7) is 4.03. The first-order valence-electron chi connectivity index (χ1n) is 9.41. The molecule has 3 rings (SSSR count). The molecule has 1 amide bonds. The summed E-state index contributed by atoms with van der Waals surface area (Å²) < 4.78 is 5.51. The predicted octanol–water partition coefficient (Wildman–Crippen LogP) is 5.19. The van der Waals surface area contributed by atoms with Gasteiger partial charge in [0.05, 0.1) is 6.04 Å². The average molecular weight is 378 g/mol. The molecule has 1 aliphatic rings. The highest BCUT2D eigenvalue weighted by Gasteiger charge is 2.30. The van der Waals surface area contributed by atoms with Crippen LogP contribution in [0.4, 0.5) is 4.79 Å². The van der Waals surface area contributed by atoms with Crippen LogP contribution in [-0.2, 0) is 4.74 Å². The third kappa shape index (κ3) is 3.84. The highest BCUT2D eigenvalue weighted by Crippen LogP contribution is 2.44. The Balaban J connectivity index is 1.72. The lowest BCUT2D eigenvalue weighted by molar-refractivity contribution is 0.133. The van der Waals surface area contributed by atoms with Crippen molar-refractivity contribution < 1.29 is 14.6 Å². The number of benzene rings is 2. The molecule has 6 heteroatoms. The zero-order chi connectivity index (χ0) is 20.1. The topological polar surface area (TPSA) is 86.7 Å². The normalized spacial score (nSPS) is 15.1. The number of amides is 1. The fourth-order valence-corrected chi connectivity index (χ4v) is 3.65. The van der Waals surface area contributed by atoms with E-state index in [0.717, 1.165) is 34.9 Å². The van der Waals surface area contributed by atoms with Crippen LogP contribution >= 0.6 is 0 Å². The first kappa shape index (κ1) is 19.4. The number of alkyl carbamates (subject to hydrolysis) is 1. The summed E-state index contributed by atoms with van der Waals surface area (Å²) in [6, 6.07) is 15.6. The van der Waals surface area contributed by atoms with Crippen LogP contribution in [0.1, 0.15) is 37.3 Å². The van der Waals surface area contributed by atoms with E-state index in [9.17, 15) is 9.90 Å². The molecule has 28 heavy (non-hydrogen) atoms. The molecular formula is C22H24N3O3+. The van der Waals surface area contributed by atoms with E-state index < -0.39 is 12.1 Å². The van der Waals surface area contributed by atoms with Crippen molar-refractivity contribution in [3.8, 4) is 11.1 Å². The van der Waals surface area contributed by atoms with E-state index >= 15 is 0 Å². The van der Waals surface area contributed by atoms with Crippen molar-refractivity contribution in [2.24, 2.45) is 5.92 Å². The summed E-state index contributed by atoms with van der Waals surface area (Å²) in [7, 11) is 0. The molecule has 6 nitrogen and oxygen atoms in total. The number of carbonyl (C=O) groups is 1. The average Bonchev–Trinajstić information content (AvgIpc) is 3.04. The summed E-state index contributed by atoms with van der Waals surface area (Å²) in [5.74, 6) is -0.305. The van der Waals surface area contributed by atoms with Gasteiger partial charge in [0.25, 0.3) is 0 Å². The van der Waals surface area contributed by atoms with Gasteiger partial charge in [-0.3, -0.25) is 0 Å². The van der Waals surface area contributed by atoms with Crippen LogP contribution in [-0.4, -0.2) is 23.8 Å². The SMILES string of the molecule is CC[C@H](C)[C@H](NC(=O)OCC1c2ccccc2-c2ccccc21)/C(O)=C\[N+]#N. The quantitative estimate of drug-likeness (QED) is 0.535. The lowest BCUT2D eigenvalue weighted by atomic mass is 9.97. The Morgan fingerprint density at radius 1 is 1.21 bits per heavy atom. The molecule has 1 aliphatic carbocycles. The third-order valence-corrected chi connectivity index (χ3v) is 5.34. The molecule has 0 unspecified atom stereocenters. The number of hydrogen-bond donors (Lipinski definition) is 2. The Bertz CT molecular complexity index is 887. The van der Waals surface area contributed by atoms with E-state index in [2.05, 4.69) is 34.6 Å². The van der Waals surface area contributed by atoms with Gasteiger partial charge in [-0.05, 0) is 28.2 Å². The lowest BCUT2D eigenvalue weighted by Crippen LogP contribution is -2.41. The second-order valence-corrected chi connectivity index (χ2v) is 7.00. The van der Waals surface area contributed by atoms with Crippen molar-refractivity contribution in [3.05, 3.63) is 76.6 Å². The van der Waals surface area contributed by atoms with E-state index in [-0.39, 0.29) is 24.2 Å². The maximum absolute atomic E-state index is 12.4. The van der Waals surface area contributed by atoms with Crippen LogP contribution < -0.4 is 5.32 Å². The van der Waals surface area contributed by atoms with Crippen molar-refractivity contribution in [1.29, 1.82) is 5.39 Å². The third-order valence-electron chi connectivity index (χ3n) is 5.34. The van der Waals surface area contributed by atoms with E-state index in [1.54, 1.807) is 0 Å². The fourth-order valence-electron chi connectivity index (χ4n) is 3.65. The maximum Gasteiger partial charge on any atom is 0.407 e. The zero-order valence-electron chi connectivity index (χ0n) is 16.0. The Kier molecular flexibility index (Phi) is 5.95. The number of fused-ring (bicyclic) bond motifs is 3. The van der Waals surface area contributed by atoms with Crippen molar-refractivity contribution in [2.45, 2.75) is 32.2 Å². The molecule has 0 saturated heterocycles. The molecule has 0 saturated carbocycles. The van der Waals surface area contributed by atoms with Crippen molar-refractivity contribution in [1.82, 2.24) is 5.32 Å². The Hall–Kier alpha value is -3.33. The Morgan fingerprint density at radius 3 is 2.32 bits per heavy atom. The highest BCUT2D eigenvalue weighted by atomic mass is 16.5. The highest BCUT2D eigenvalue weighted by molar-refractivity contribution is 5.79. The number of ether oxygens (including phenoxy) is 1.